The number of aryl methyl sites for hydroxylation is 1. The molecular weight excluding hydrogens is 490 g/mol. The number of imidazole rings is 1. The van der Waals surface area contributed by atoms with Gasteiger partial charge in [-0.15, -0.1) is 22.7 Å². The van der Waals surface area contributed by atoms with Crippen LogP contribution in [-0.2, 0) is 0 Å². The molecule has 4 aromatic rings. The molecule has 0 spiro atoms. The molecule has 2 bridgehead atoms. The monoisotopic (exact) mass is 511 g/mol. The van der Waals surface area contributed by atoms with Crippen molar-refractivity contribution in [2.45, 2.75) is 38.3 Å². The van der Waals surface area contributed by atoms with Crippen molar-refractivity contribution < 1.29 is 9.59 Å². The number of nitrogens with one attached hydrogen (secondary N) is 1. The van der Waals surface area contributed by atoms with Gasteiger partial charge in [-0.2, -0.15) is 0 Å². The SMILES string of the molecule is Cc1nc2sccn2c1C(=O)NC[C@@H]1[C@H]2CC[C@H](C2)N1C(=O)c1ncsc1-c1cccc(Cl)c1. The fourth-order valence-electron chi connectivity index (χ4n) is 5.48. The largest absolute Gasteiger partial charge is 0.349 e. The molecule has 1 saturated heterocycles. The number of piperidine rings is 1. The zero-order valence-electron chi connectivity index (χ0n) is 18.4. The van der Waals surface area contributed by atoms with Gasteiger partial charge in [-0.25, -0.2) is 9.97 Å². The lowest BCUT2D eigenvalue weighted by Gasteiger charge is -2.35. The first-order valence-corrected chi connectivity index (χ1v) is 13.4. The molecule has 2 aliphatic rings. The Morgan fingerprint density at radius 2 is 2.15 bits per heavy atom. The summed E-state index contributed by atoms with van der Waals surface area (Å²) in [6.45, 7) is 2.26. The number of likely N-dealkylation sites (tertiary alicyclic amines) is 1. The molecule has 2 fully saturated rings. The van der Waals surface area contributed by atoms with Crippen molar-refractivity contribution in [3.63, 3.8) is 0 Å². The van der Waals surface area contributed by atoms with Gasteiger partial charge in [-0.1, -0.05) is 23.7 Å². The van der Waals surface area contributed by atoms with Crippen LogP contribution < -0.4 is 5.32 Å². The van der Waals surface area contributed by atoms with Gasteiger partial charge in [-0.3, -0.25) is 14.0 Å². The van der Waals surface area contributed by atoms with Crippen LogP contribution in [0.2, 0.25) is 5.02 Å². The summed E-state index contributed by atoms with van der Waals surface area (Å²) in [7, 11) is 0. The lowest BCUT2D eigenvalue weighted by Crippen LogP contribution is -2.50. The molecule has 174 valence electrons. The molecule has 10 heteroatoms. The summed E-state index contributed by atoms with van der Waals surface area (Å²) in [5.41, 5.74) is 4.33. The van der Waals surface area contributed by atoms with Crippen molar-refractivity contribution in [1.29, 1.82) is 0 Å². The Morgan fingerprint density at radius 3 is 3.00 bits per heavy atom. The first kappa shape index (κ1) is 21.8. The van der Waals surface area contributed by atoms with E-state index >= 15 is 0 Å². The Bertz CT molecular complexity index is 1410. The highest BCUT2D eigenvalue weighted by molar-refractivity contribution is 7.15. The van der Waals surface area contributed by atoms with Crippen LogP contribution in [0.3, 0.4) is 0 Å². The molecule has 1 N–H and O–H groups in total. The average Bonchev–Trinajstić information content (AvgIpc) is 3.63. The molecule has 0 radical (unpaired) electrons. The van der Waals surface area contributed by atoms with E-state index in [0.717, 1.165) is 34.7 Å². The number of rotatable bonds is 5. The lowest BCUT2D eigenvalue weighted by atomic mass is 9.98. The van der Waals surface area contributed by atoms with Crippen molar-refractivity contribution in [3.8, 4) is 10.4 Å². The minimum absolute atomic E-state index is 0.0460. The predicted octanol–water partition coefficient (Wildman–Crippen LogP) is 4.90. The molecule has 0 unspecified atom stereocenters. The normalized spacial score (nSPS) is 21.5. The van der Waals surface area contributed by atoms with Crippen LogP contribution >= 0.6 is 34.3 Å². The van der Waals surface area contributed by atoms with Gasteiger partial charge in [-0.05, 0) is 49.8 Å². The average molecular weight is 512 g/mol. The third-order valence-corrected chi connectivity index (χ3v) is 8.82. The Labute approximate surface area is 209 Å². The van der Waals surface area contributed by atoms with E-state index < -0.39 is 0 Å². The number of amides is 2. The molecule has 1 saturated carbocycles. The number of benzene rings is 1. The number of halogens is 1. The number of fused-ring (bicyclic) bond motifs is 3. The van der Waals surface area contributed by atoms with Gasteiger partial charge < -0.3 is 10.2 Å². The maximum atomic E-state index is 13.8. The van der Waals surface area contributed by atoms with E-state index in [-0.39, 0.29) is 23.9 Å². The Balaban J connectivity index is 1.25. The Morgan fingerprint density at radius 1 is 1.26 bits per heavy atom. The van der Waals surface area contributed by atoms with E-state index in [0.29, 0.717) is 34.6 Å². The highest BCUT2D eigenvalue weighted by Gasteiger charge is 2.48. The smallest absolute Gasteiger partial charge is 0.274 e. The molecule has 2 amide bonds. The predicted molar refractivity (Wildman–Crippen MR) is 134 cm³/mol. The minimum atomic E-state index is -0.160. The second-order valence-electron chi connectivity index (χ2n) is 8.86. The van der Waals surface area contributed by atoms with E-state index in [9.17, 15) is 9.59 Å². The van der Waals surface area contributed by atoms with Crippen molar-refractivity contribution in [1.82, 2.24) is 24.6 Å². The number of carbonyl (C=O) groups excluding carboxylic acids is 2. The number of aromatic nitrogens is 3. The Kier molecular flexibility index (Phi) is 5.43. The molecule has 1 aliphatic carbocycles. The molecule has 1 aromatic carbocycles. The lowest BCUT2D eigenvalue weighted by molar-refractivity contribution is 0.0577. The number of hydrogen-bond donors (Lipinski definition) is 1. The first-order valence-electron chi connectivity index (χ1n) is 11.2. The Hall–Kier alpha value is -2.75. The van der Waals surface area contributed by atoms with Crippen LogP contribution in [0.25, 0.3) is 15.4 Å². The standard InChI is InChI=1S/C24H22ClN5O2S2/c1-13-20(29-7-8-33-24(29)28-13)22(31)26-11-18-14-5-6-17(10-14)30(18)23(32)19-21(34-12-27-19)15-3-2-4-16(25)9-15/h2-4,7-9,12,14,17-18H,5-6,10-11H2,1H3,(H,26,31)/t14-,17+,18+/m0/s1. The van der Waals surface area contributed by atoms with Crippen molar-refractivity contribution in [2.24, 2.45) is 5.92 Å². The molecule has 1 aliphatic heterocycles. The molecule has 4 heterocycles. The molecule has 34 heavy (non-hydrogen) atoms. The third-order valence-electron chi connectivity index (χ3n) is 6.95. The zero-order chi connectivity index (χ0) is 23.4. The second-order valence-corrected chi connectivity index (χ2v) is 11.0. The van der Waals surface area contributed by atoms with E-state index in [4.69, 9.17) is 11.6 Å². The number of hydrogen-bond acceptors (Lipinski definition) is 6. The fourth-order valence-corrected chi connectivity index (χ4v) is 7.21. The maximum Gasteiger partial charge on any atom is 0.274 e. The van der Waals surface area contributed by atoms with E-state index in [1.807, 2.05) is 52.1 Å². The molecular formula is C24H22ClN5O2S2. The van der Waals surface area contributed by atoms with Crippen LogP contribution in [0.15, 0.2) is 41.4 Å². The summed E-state index contributed by atoms with van der Waals surface area (Å²) >= 11 is 9.14. The third kappa shape index (κ3) is 3.54. The van der Waals surface area contributed by atoms with E-state index in [1.54, 1.807) is 5.51 Å². The van der Waals surface area contributed by atoms with Crippen LogP contribution in [0.5, 0.6) is 0 Å². The molecule has 3 aromatic heterocycles. The molecule has 7 nitrogen and oxygen atoms in total. The summed E-state index contributed by atoms with van der Waals surface area (Å²) in [5.74, 6) is 0.158. The van der Waals surface area contributed by atoms with Gasteiger partial charge in [0, 0.05) is 29.2 Å². The van der Waals surface area contributed by atoms with E-state index in [2.05, 4.69) is 15.3 Å². The topological polar surface area (TPSA) is 79.6 Å². The highest BCUT2D eigenvalue weighted by atomic mass is 35.5. The van der Waals surface area contributed by atoms with Crippen LogP contribution in [-0.4, -0.2) is 49.7 Å². The van der Waals surface area contributed by atoms with Crippen molar-refractivity contribution in [3.05, 3.63) is 63.5 Å². The quantitative estimate of drug-likeness (QED) is 0.413. The highest BCUT2D eigenvalue weighted by Crippen LogP contribution is 2.44. The number of thiazole rings is 2. The maximum absolute atomic E-state index is 13.8. The minimum Gasteiger partial charge on any atom is -0.349 e. The van der Waals surface area contributed by atoms with Gasteiger partial charge in [0.25, 0.3) is 11.8 Å². The second kappa shape index (κ2) is 8.48. The number of carbonyl (C=O) groups is 2. The van der Waals surface area contributed by atoms with Gasteiger partial charge in [0.1, 0.15) is 11.4 Å². The van der Waals surface area contributed by atoms with Crippen LogP contribution in [0.1, 0.15) is 45.9 Å². The van der Waals surface area contributed by atoms with Crippen molar-refractivity contribution >= 4 is 51.0 Å². The summed E-state index contributed by atoms with van der Waals surface area (Å²) in [6.07, 6.45) is 4.91. The van der Waals surface area contributed by atoms with E-state index in [1.165, 1.54) is 22.7 Å². The summed E-state index contributed by atoms with van der Waals surface area (Å²) in [5, 5.41) is 5.64. The molecule has 6 rings (SSSR count). The van der Waals surface area contributed by atoms with Gasteiger partial charge >= 0.3 is 0 Å². The van der Waals surface area contributed by atoms with Crippen LogP contribution in [0, 0.1) is 12.8 Å². The van der Waals surface area contributed by atoms with Gasteiger partial charge in [0.2, 0.25) is 0 Å². The zero-order valence-corrected chi connectivity index (χ0v) is 20.8. The van der Waals surface area contributed by atoms with Crippen molar-refractivity contribution in [2.75, 3.05) is 6.54 Å². The molecule has 3 atom stereocenters. The fraction of sp³-hybridized carbons (Fsp3) is 0.333. The van der Waals surface area contributed by atoms with Crippen LogP contribution in [0.4, 0.5) is 0 Å². The van der Waals surface area contributed by atoms with Gasteiger partial charge in [0.05, 0.1) is 22.1 Å². The van der Waals surface area contributed by atoms with Gasteiger partial charge in [0.15, 0.2) is 4.96 Å². The summed E-state index contributed by atoms with van der Waals surface area (Å²) in [4.78, 5) is 39.4. The summed E-state index contributed by atoms with van der Waals surface area (Å²) in [6, 6.07) is 7.65. The number of nitrogens with zero attached hydrogens (tertiary/aromatic N) is 4. The summed E-state index contributed by atoms with van der Waals surface area (Å²) < 4.78 is 1.82. The first-order chi connectivity index (χ1) is 16.5.